The number of esters is 1. The van der Waals surface area contributed by atoms with Gasteiger partial charge in [0.1, 0.15) is 28.4 Å². The highest BCUT2D eigenvalue weighted by molar-refractivity contribution is 5.99. The lowest BCUT2D eigenvalue weighted by Crippen LogP contribution is -2.50. The van der Waals surface area contributed by atoms with Gasteiger partial charge in [-0.25, -0.2) is 14.2 Å². The molecule has 4 rings (SSSR count). The third-order valence-electron chi connectivity index (χ3n) is 6.43. The first-order chi connectivity index (χ1) is 16.3. The molecule has 0 radical (unpaired) electrons. The molecule has 1 aliphatic heterocycles. The van der Waals surface area contributed by atoms with Crippen molar-refractivity contribution in [2.45, 2.75) is 31.2 Å². The van der Waals surface area contributed by atoms with Crippen molar-refractivity contribution >= 4 is 29.3 Å². The number of pyridine rings is 1. The van der Waals surface area contributed by atoms with E-state index in [1.165, 1.54) is 13.2 Å². The van der Waals surface area contributed by atoms with Gasteiger partial charge in [-0.15, -0.1) is 0 Å². The Morgan fingerprint density at radius 1 is 1.18 bits per heavy atom. The summed E-state index contributed by atoms with van der Waals surface area (Å²) in [4.78, 5) is 43.3. The van der Waals surface area contributed by atoms with Crippen LogP contribution in [0.3, 0.4) is 0 Å². The molecule has 1 saturated carbocycles. The van der Waals surface area contributed by atoms with Crippen LogP contribution in [-0.2, 0) is 9.53 Å². The Hall–Kier alpha value is -3.69. The second kappa shape index (κ2) is 9.66. The van der Waals surface area contributed by atoms with Crippen LogP contribution in [0.15, 0.2) is 36.4 Å². The van der Waals surface area contributed by atoms with E-state index in [4.69, 9.17) is 10.5 Å². The standard InChI is InChI=1S/C24H28FN5O4/c1-34-22(32)20-16(25)4-2-6-18(20)30-12-8-15(9-13-30)14-27-23(33)24(10-11-24)29-21(31)17-5-3-7-19(26)28-17/h2-7,15H,8-14H2,1H3,(H2,26,28)(H,27,33)(H,29,31). The molecular formula is C24H28FN5O4. The number of methoxy groups -OCH3 is 1. The molecule has 0 spiro atoms. The van der Waals surface area contributed by atoms with Crippen molar-refractivity contribution in [3.63, 3.8) is 0 Å². The quantitative estimate of drug-likeness (QED) is 0.529. The van der Waals surface area contributed by atoms with Crippen LogP contribution >= 0.6 is 0 Å². The topological polar surface area (TPSA) is 127 Å². The van der Waals surface area contributed by atoms with Crippen LogP contribution in [0.2, 0.25) is 0 Å². The first-order valence-corrected chi connectivity index (χ1v) is 11.3. The number of aromatic nitrogens is 1. The molecule has 34 heavy (non-hydrogen) atoms. The van der Waals surface area contributed by atoms with Gasteiger partial charge in [0.15, 0.2) is 0 Å². The maximum Gasteiger partial charge on any atom is 0.342 e. The van der Waals surface area contributed by atoms with E-state index in [9.17, 15) is 18.8 Å². The Kier molecular flexibility index (Phi) is 6.67. The number of nitrogen functional groups attached to an aromatic ring is 1. The van der Waals surface area contributed by atoms with Gasteiger partial charge in [0.05, 0.1) is 12.8 Å². The molecule has 1 aliphatic carbocycles. The number of rotatable bonds is 7. The fourth-order valence-corrected chi connectivity index (χ4v) is 4.26. The summed E-state index contributed by atoms with van der Waals surface area (Å²) in [5, 5.41) is 5.77. The molecule has 180 valence electrons. The Balaban J connectivity index is 1.29. The van der Waals surface area contributed by atoms with E-state index in [2.05, 4.69) is 15.6 Å². The van der Waals surface area contributed by atoms with Crippen molar-refractivity contribution in [3.8, 4) is 0 Å². The lowest BCUT2D eigenvalue weighted by Gasteiger charge is -2.34. The van der Waals surface area contributed by atoms with Gasteiger partial charge in [0, 0.05) is 19.6 Å². The first kappa shape index (κ1) is 23.5. The second-order valence-corrected chi connectivity index (χ2v) is 8.75. The first-order valence-electron chi connectivity index (χ1n) is 11.3. The van der Waals surface area contributed by atoms with Crippen LogP contribution in [0.25, 0.3) is 0 Å². The second-order valence-electron chi connectivity index (χ2n) is 8.75. The maximum absolute atomic E-state index is 14.2. The highest BCUT2D eigenvalue weighted by Crippen LogP contribution is 2.36. The molecule has 2 aromatic rings. The molecule has 2 amide bonds. The number of nitrogens with one attached hydrogen (secondary N) is 2. The zero-order valence-electron chi connectivity index (χ0n) is 19.0. The summed E-state index contributed by atoms with van der Waals surface area (Å²) >= 11 is 0. The highest BCUT2D eigenvalue weighted by Gasteiger charge is 2.51. The smallest absolute Gasteiger partial charge is 0.342 e. The number of amides is 2. The van der Waals surface area contributed by atoms with Crippen LogP contribution < -0.4 is 21.3 Å². The summed E-state index contributed by atoms with van der Waals surface area (Å²) in [5.74, 6) is -1.46. The van der Waals surface area contributed by atoms with Gasteiger partial charge in [-0.05, 0) is 55.9 Å². The number of nitrogens with two attached hydrogens (primary N) is 1. The molecule has 1 aromatic carbocycles. The maximum atomic E-state index is 14.2. The van der Waals surface area contributed by atoms with Crippen molar-refractivity contribution in [2.75, 3.05) is 37.4 Å². The van der Waals surface area contributed by atoms with Crippen LogP contribution in [0.4, 0.5) is 15.9 Å². The number of halogens is 1. The van der Waals surface area contributed by atoms with Gasteiger partial charge in [-0.3, -0.25) is 9.59 Å². The van der Waals surface area contributed by atoms with E-state index >= 15 is 0 Å². The van der Waals surface area contributed by atoms with E-state index < -0.39 is 23.2 Å². The highest BCUT2D eigenvalue weighted by atomic mass is 19.1. The third kappa shape index (κ3) is 4.95. The number of nitrogens with zero attached hydrogens (tertiary/aromatic N) is 2. The molecule has 0 bridgehead atoms. The molecule has 1 saturated heterocycles. The minimum atomic E-state index is -0.902. The zero-order chi connectivity index (χ0) is 24.3. The van der Waals surface area contributed by atoms with E-state index in [-0.39, 0.29) is 28.9 Å². The average Bonchev–Trinajstić information content (AvgIpc) is 3.63. The number of piperidine rings is 1. The molecule has 2 heterocycles. The van der Waals surface area contributed by atoms with Crippen LogP contribution in [0.1, 0.15) is 46.5 Å². The number of ether oxygens (including phenoxy) is 1. The van der Waals surface area contributed by atoms with Crippen molar-refractivity contribution in [2.24, 2.45) is 5.92 Å². The Bertz CT molecular complexity index is 1100. The van der Waals surface area contributed by atoms with Gasteiger partial charge in [0.2, 0.25) is 5.91 Å². The normalized spacial score (nSPS) is 17.1. The molecule has 2 fully saturated rings. The van der Waals surface area contributed by atoms with Gasteiger partial charge in [0.25, 0.3) is 5.91 Å². The summed E-state index contributed by atoms with van der Waals surface area (Å²) in [6.45, 7) is 1.72. The number of hydrogen-bond donors (Lipinski definition) is 3. The van der Waals surface area contributed by atoms with Crippen molar-refractivity contribution in [3.05, 3.63) is 53.5 Å². The number of benzene rings is 1. The molecule has 4 N–H and O–H groups in total. The Labute approximate surface area is 196 Å². The molecule has 0 atom stereocenters. The number of carbonyl (C=O) groups excluding carboxylic acids is 3. The van der Waals surface area contributed by atoms with Crippen molar-refractivity contribution < 1.29 is 23.5 Å². The van der Waals surface area contributed by atoms with Crippen LogP contribution in [0.5, 0.6) is 0 Å². The van der Waals surface area contributed by atoms with Crippen LogP contribution in [-0.4, -0.2) is 55.1 Å². The van der Waals surface area contributed by atoms with Gasteiger partial charge < -0.3 is 26.0 Å². The average molecular weight is 470 g/mol. The summed E-state index contributed by atoms with van der Waals surface area (Å²) in [7, 11) is 1.23. The number of carbonyl (C=O) groups is 3. The van der Waals surface area contributed by atoms with Gasteiger partial charge in [-0.1, -0.05) is 12.1 Å². The molecule has 1 aromatic heterocycles. The molecule has 0 unspecified atom stereocenters. The number of hydrogen-bond acceptors (Lipinski definition) is 7. The molecular weight excluding hydrogens is 441 g/mol. The summed E-state index contributed by atoms with van der Waals surface area (Å²) < 4.78 is 19.0. The predicted molar refractivity (Wildman–Crippen MR) is 124 cm³/mol. The van der Waals surface area contributed by atoms with E-state index in [1.807, 2.05) is 4.90 Å². The lowest BCUT2D eigenvalue weighted by molar-refractivity contribution is -0.124. The molecule has 10 heteroatoms. The molecule has 2 aliphatic rings. The van der Waals surface area contributed by atoms with E-state index in [1.54, 1.807) is 30.3 Å². The number of anilines is 2. The zero-order valence-corrected chi connectivity index (χ0v) is 19.0. The fraction of sp³-hybridized carbons (Fsp3) is 0.417. The van der Waals surface area contributed by atoms with Crippen molar-refractivity contribution in [1.29, 1.82) is 0 Å². The lowest BCUT2D eigenvalue weighted by atomic mass is 9.95. The minimum Gasteiger partial charge on any atom is -0.465 e. The monoisotopic (exact) mass is 469 g/mol. The summed E-state index contributed by atoms with van der Waals surface area (Å²) in [6.07, 6.45) is 2.68. The van der Waals surface area contributed by atoms with Gasteiger partial charge >= 0.3 is 5.97 Å². The van der Waals surface area contributed by atoms with E-state index in [0.29, 0.717) is 38.2 Å². The largest absolute Gasteiger partial charge is 0.465 e. The summed E-state index contributed by atoms with van der Waals surface area (Å²) in [5.41, 5.74) is 5.37. The van der Waals surface area contributed by atoms with E-state index in [0.717, 1.165) is 12.8 Å². The fourth-order valence-electron chi connectivity index (χ4n) is 4.26. The SMILES string of the molecule is COC(=O)c1c(F)cccc1N1CCC(CNC(=O)C2(NC(=O)c3cccc(N)n3)CC2)CC1. The summed E-state index contributed by atoms with van der Waals surface area (Å²) in [6, 6.07) is 9.32. The predicted octanol–water partition coefficient (Wildman–Crippen LogP) is 1.88. The Morgan fingerprint density at radius 3 is 2.53 bits per heavy atom. The minimum absolute atomic E-state index is 0.0576. The molecule has 9 nitrogen and oxygen atoms in total. The van der Waals surface area contributed by atoms with Gasteiger partial charge in [-0.2, -0.15) is 0 Å². The Morgan fingerprint density at radius 2 is 1.88 bits per heavy atom. The third-order valence-corrected chi connectivity index (χ3v) is 6.43. The van der Waals surface area contributed by atoms with Crippen molar-refractivity contribution in [1.82, 2.24) is 15.6 Å². The van der Waals surface area contributed by atoms with Crippen LogP contribution in [0, 0.1) is 11.7 Å².